The highest BCUT2D eigenvalue weighted by molar-refractivity contribution is 5.97. The van der Waals surface area contributed by atoms with E-state index >= 15 is 8.78 Å². The fourth-order valence-electron chi connectivity index (χ4n) is 9.32. The molecule has 0 bridgehead atoms. The van der Waals surface area contributed by atoms with Gasteiger partial charge in [-0.3, -0.25) is 0 Å². The maximum Gasteiger partial charge on any atom is 0.336 e. The van der Waals surface area contributed by atoms with Crippen molar-refractivity contribution in [2.24, 2.45) is 22.4 Å². The first kappa shape index (κ1) is 30.1. The van der Waals surface area contributed by atoms with Gasteiger partial charge >= 0.3 is 5.92 Å². The molecule has 44 heavy (non-hydrogen) atoms. The Labute approximate surface area is 258 Å². The average Bonchev–Trinajstić information content (AvgIpc) is 3.83. The van der Waals surface area contributed by atoms with Crippen LogP contribution in [0.5, 0.6) is 0 Å². The summed E-state index contributed by atoms with van der Waals surface area (Å²) in [5.41, 5.74) is 3.84. The molecule has 3 N–H and O–H groups in total. The summed E-state index contributed by atoms with van der Waals surface area (Å²) in [4.78, 5) is 5.68. The Morgan fingerprint density at radius 3 is 2.48 bits per heavy atom. The van der Waals surface area contributed by atoms with E-state index in [4.69, 9.17) is 16.0 Å². The molecule has 1 aliphatic heterocycles. The molecule has 0 unspecified atom stereocenters. The number of ether oxygens (including phenoxy) is 1. The summed E-state index contributed by atoms with van der Waals surface area (Å²) >= 11 is 0. The Hall–Kier alpha value is -2.57. The van der Waals surface area contributed by atoms with Gasteiger partial charge < -0.3 is 24.9 Å². The lowest BCUT2D eigenvalue weighted by molar-refractivity contribution is -0.246. The molecule has 0 amide bonds. The molecule has 3 saturated carbocycles. The van der Waals surface area contributed by atoms with Crippen molar-refractivity contribution >= 4 is 5.71 Å². The van der Waals surface area contributed by atoms with Crippen LogP contribution >= 0.6 is 0 Å². The van der Waals surface area contributed by atoms with Gasteiger partial charge in [0.1, 0.15) is 11.7 Å². The Kier molecular flexibility index (Phi) is 7.36. The van der Waals surface area contributed by atoms with Crippen LogP contribution in [0.1, 0.15) is 101 Å². The summed E-state index contributed by atoms with van der Waals surface area (Å²) in [7, 11) is 0. The zero-order chi connectivity index (χ0) is 31.0. The highest BCUT2D eigenvalue weighted by atomic mass is 19.3. The number of hydrogen-bond donors (Lipinski definition) is 3. The van der Waals surface area contributed by atoms with Gasteiger partial charge in [0.25, 0.3) is 0 Å². The van der Waals surface area contributed by atoms with Gasteiger partial charge in [0.15, 0.2) is 0 Å². The third-order valence-corrected chi connectivity index (χ3v) is 12.0. The molecule has 7 rings (SSSR count). The van der Waals surface area contributed by atoms with E-state index in [0.29, 0.717) is 25.2 Å². The predicted octanol–water partition coefficient (Wildman–Crippen LogP) is 6.12. The molecule has 6 aliphatic rings. The maximum absolute atomic E-state index is 15.4. The fraction of sp³-hybridized carbons (Fsp3) is 0.639. The summed E-state index contributed by atoms with van der Waals surface area (Å²) in [5, 5.41) is 36.2. The van der Waals surface area contributed by atoms with E-state index in [1.807, 2.05) is 6.92 Å². The van der Waals surface area contributed by atoms with E-state index in [1.54, 1.807) is 12.8 Å². The van der Waals surface area contributed by atoms with Crippen molar-refractivity contribution in [2.75, 3.05) is 0 Å². The molecule has 8 heteroatoms. The quantitative estimate of drug-likeness (QED) is 0.277. The second-order valence-electron chi connectivity index (χ2n) is 14.3. The molecule has 0 radical (unpaired) electrons. The van der Waals surface area contributed by atoms with Crippen molar-refractivity contribution in [3.05, 3.63) is 58.2 Å². The molecule has 1 heterocycles. The second-order valence-corrected chi connectivity index (χ2v) is 14.3. The van der Waals surface area contributed by atoms with Gasteiger partial charge in [-0.1, -0.05) is 41.9 Å². The smallest absolute Gasteiger partial charge is 0.336 e. The van der Waals surface area contributed by atoms with Crippen LogP contribution in [0.3, 0.4) is 0 Å². The third kappa shape index (κ3) is 4.69. The summed E-state index contributed by atoms with van der Waals surface area (Å²) in [6.07, 6.45) is 10.8. The van der Waals surface area contributed by atoms with E-state index in [1.165, 1.54) is 35.1 Å². The molecule has 4 fully saturated rings. The standard InChI is InChI=1S/C36H43F2NO5/c1-4-36(37,38)35(42)16-15-29-27-13-11-24-17-25(39-44-31-18-30(40)33(41)20(2)43-31)12-14-26(24)32(27)28(19-34(29,35)3)23-9-7-22(8-10-23)21-5-6-21/h1,7-10,17,20-21,27-31,33,40-42H,5-6,11-16,18-19H2,2-3H3/t20-,27-,28-,29-,30-,31-,33+,34-,35-/m0/s1. The maximum atomic E-state index is 15.4. The molecule has 0 spiro atoms. The average molecular weight is 608 g/mol. The molecule has 1 saturated heterocycles. The van der Waals surface area contributed by atoms with Crippen molar-refractivity contribution in [1.82, 2.24) is 0 Å². The van der Waals surface area contributed by atoms with Crippen LogP contribution in [0.15, 0.2) is 52.2 Å². The normalized spacial score (nSPS) is 41.4. The van der Waals surface area contributed by atoms with Crippen LogP contribution in [0.2, 0.25) is 0 Å². The predicted molar refractivity (Wildman–Crippen MR) is 162 cm³/mol. The van der Waals surface area contributed by atoms with Gasteiger partial charge in [0, 0.05) is 17.8 Å². The van der Waals surface area contributed by atoms with E-state index in [2.05, 4.69) is 35.5 Å². The highest BCUT2D eigenvalue weighted by Gasteiger charge is 2.71. The van der Waals surface area contributed by atoms with Crippen LogP contribution in [-0.2, 0) is 9.57 Å². The largest absolute Gasteiger partial charge is 0.390 e. The first-order chi connectivity index (χ1) is 21.0. The SMILES string of the molecule is C#CC(F)(F)[C@]1(O)CC[C@H]2[C@@H]3CCC4=CC(=NO[C@H]5C[C@H](O)[C@H](O)[C@H](C)O5)CCC4=C3[C@H](c3ccc(C4CC4)cc3)C[C@@]21C. The number of aliphatic hydroxyl groups is 3. The van der Waals surface area contributed by atoms with Crippen LogP contribution in [-0.4, -0.2) is 57.2 Å². The molecule has 1 aromatic rings. The van der Waals surface area contributed by atoms with Crippen LogP contribution < -0.4 is 0 Å². The number of terminal acetylenes is 1. The van der Waals surface area contributed by atoms with Gasteiger partial charge in [0.05, 0.1) is 17.9 Å². The first-order valence-electron chi connectivity index (χ1n) is 16.3. The monoisotopic (exact) mass is 607 g/mol. The van der Waals surface area contributed by atoms with Gasteiger partial charge in [-0.05, 0) is 117 Å². The van der Waals surface area contributed by atoms with E-state index in [9.17, 15) is 15.3 Å². The summed E-state index contributed by atoms with van der Waals surface area (Å²) in [6.45, 7) is 3.56. The number of hydrogen-bond acceptors (Lipinski definition) is 6. The van der Waals surface area contributed by atoms with Gasteiger partial charge in [-0.15, -0.1) is 6.42 Å². The summed E-state index contributed by atoms with van der Waals surface area (Å²) < 4.78 is 36.4. The number of alkyl halides is 2. The zero-order valence-corrected chi connectivity index (χ0v) is 25.5. The van der Waals surface area contributed by atoms with Gasteiger partial charge in [-0.25, -0.2) is 0 Å². The molecule has 1 aromatic carbocycles. The van der Waals surface area contributed by atoms with Gasteiger partial charge in [0.2, 0.25) is 6.29 Å². The molecule has 6 nitrogen and oxygen atoms in total. The Morgan fingerprint density at radius 2 is 1.80 bits per heavy atom. The minimum Gasteiger partial charge on any atom is -0.390 e. The molecule has 236 valence electrons. The van der Waals surface area contributed by atoms with Crippen molar-refractivity contribution in [3.8, 4) is 12.3 Å². The van der Waals surface area contributed by atoms with Crippen LogP contribution in [0.4, 0.5) is 8.78 Å². The molecule has 0 aromatic heterocycles. The molecule has 5 aliphatic carbocycles. The van der Waals surface area contributed by atoms with Crippen molar-refractivity contribution in [3.63, 3.8) is 0 Å². The lowest BCUT2D eigenvalue weighted by atomic mass is 9.50. The van der Waals surface area contributed by atoms with Crippen molar-refractivity contribution in [2.45, 2.75) is 126 Å². The minimum absolute atomic E-state index is 0.00222. The topological polar surface area (TPSA) is 91.5 Å². The number of oxime groups is 1. The Balaban J connectivity index is 1.24. The minimum atomic E-state index is -3.61. The van der Waals surface area contributed by atoms with E-state index in [0.717, 1.165) is 30.5 Å². The number of fused-ring (bicyclic) bond motifs is 4. The zero-order valence-electron chi connectivity index (χ0n) is 25.5. The molecular formula is C36H43F2NO5. The molecule has 9 atom stereocenters. The lowest BCUT2D eigenvalue weighted by Gasteiger charge is -2.55. The number of benzene rings is 1. The number of nitrogens with zero attached hydrogens (tertiary/aromatic N) is 1. The fourth-order valence-corrected chi connectivity index (χ4v) is 9.32. The van der Waals surface area contributed by atoms with Crippen molar-refractivity contribution < 1.29 is 33.7 Å². The van der Waals surface area contributed by atoms with E-state index in [-0.39, 0.29) is 30.6 Å². The highest BCUT2D eigenvalue weighted by Crippen LogP contribution is 2.69. The van der Waals surface area contributed by atoms with Crippen LogP contribution in [0, 0.1) is 29.6 Å². The second kappa shape index (κ2) is 10.8. The summed E-state index contributed by atoms with van der Waals surface area (Å²) in [6, 6.07) is 8.76. The lowest BCUT2D eigenvalue weighted by Crippen LogP contribution is -2.60. The third-order valence-electron chi connectivity index (χ3n) is 12.0. The number of halogens is 2. The summed E-state index contributed by atoms with van der Waals surface area (Å²) in [5.74, 6) is -1.40. The van der Waals surface area contributed by atoms with Gasteiger partial charge in [-0.2, -0.15) is 8.78 Å². The molecular weight excluding hydrogens is 564 g/mol. The van der Waals surface area contributed by atoms with E-state index < -0.39 is 41.5 Å². The number of aliphatic hydroxyl groups excluding tert-OH is 2. The number of allylic oxidation sites excluding steroid dienone is 4. The Morgan fingerprint density at radius 1 is 1.07 bits per heavy atom. The number of rotatable bonds is 5. The van der Waals surface area contributed by atoms with Crippen LogP contribution in [0.25, 0.3) is 0 Å². The van der Waals surface area contributed by atoms with Crippen molar-refractivity contribution in [1.29, 1.82) is 0 Å². The first-order valence-corrected chi connectivity index (χ1v) is 16.3. The Bertz CT molecular complexity index is 1430.